The van der Waals surface area contributed by atoms with Crippen molar-refractivity contribution in [2.45, 2.75) is 33.2 Å². The smallest absolute Gasteiger partial charge is 0.310 e. The highest BCUT2D eigenvalue weighted by Crippen LogP contribution is 2.27. The number of piperidine rings is 1. The Hall–Kier alpha value is -1.85. The van der Waals surface area contributed by atoms with Crippen LogP contribution in [0, 0.1) is 12.8 Å². The maximum atomic E-state index is 12.0. The highest BCUT2D eigenvalue weighted by atomic mass is 35.5. The summed E-state index contributed by atoms with van der Waals surface area (Å²) < 4.78 is 6.96. The van der Waals surface area contributed by atoms with Gasteiger partial charge in [0.15, 0.2) is 0 Å². The normalized spacial score (nSPS) is 18.3. The van der Waals surface area contributed by atoms with Crippen LogP contribution in [0.15, 0.2) is 30.3 Å². The largest absolute Gasteiger partial charge is 0.466 e. The molecule has 0 radical (unpaired) electrons. The van der Waals surface area contributed by atoms with Gasteiger partial charge >= 0.3 is 5.97 Å². The number of aryl methyl sites for hydroxylation is 1. The van der Waals surface area contributed by atoms with Crippen molar-refractivity contribution in [3.8, 4) is 5.69 Å². The van der Waals surface area contributed by atoms with Gasteiger partial charge in [-0.05, 0) is 45.4 Å². The minimum Gasteiger partial charge on any atom is -0.466 e. The van der Waals surface area contributed by atoms with Crippen molar-refractivity contribution in [1.82, 2.24) is 14.7 Å². The van der Waals surface area contributed by atoms with Crippen LogP contribution in [-0.2, 0) is 16.1 Å². The summed E-state index contributed by atoms with van der Waals surface area (Å²) in [7, 11) is 0. The number of nitrogens with zero attached hydrogens (tertiary/aromatic N) is 3. The standard InChI is InChI=1S/C19H24ClN3O2/c1-3-25-19(24)15-8-7-11-22(12-15)13-17-14(2)21-23(18(17)20)16-9-5-4-6-10-16/h4-6,9-10,15H,3,7-8,11-13H2,1-2H3. The fourth-order valence-corrected chi connectivity index (χ4v) is 3.66. The van der Waals surface area contributed by atoms with Crippen molar-refractivity contribution in [2.24, 2.45) is 5.92 Å². The molecule has 0 N–H and O–H groups in total. The van der Waals surface area contributed by atoms with Crippen LogP contribution in [-0.4, -0.2) is 40.3 Å². The number of esters is 1. The van der Waals surface area contributed by atoms with Crippen LogP contribution in [0.2, 0.25) is 5.15 Å². The van der Waals surface area contributed by atoms with E-state index in [1.54, 1.807) is 4.68 Å². The third kappa shape index (κ3) is 4.05. The Morgan fingerprint density at radius 3 is 2.84 bits per heavy atom. The molecule has 1 fully saturated rings. The fraction of sp³-hybridized carbons (Fsp3) is 0.474. The van der Waals surface area contributed by atoms with Gasteiger partial charge in [0.05, 0.1) is 23.9 Å². The maximum Gasteiger partial charge on any atom is 0.310 e. The molecule has 6 heteroatoms. The first-order chi connectivity index (χ1) is 12.1. The second-order valence-corrected chi connectivity index (χ2v) is 6.79. The van der Waals surface area contributed by atoms with E-state index in [2.05, 4.69) is 10.00 Å². The monoisotopic (exact) mass is 361 g/mol. The topological polar surface area (TPSA) is 47.4 Å². The summed E-state index contributed by atoms with van der Waals surface area (Å²) in [6.07, 6.45) is 1.89. The Bertz CT molecular complexity index is 730. The molecule has 0 amide bonds. The quantitative estimate of drug-likeness (QED) is 0.763. The van der Waals surface area contributed by atoms with Gasteiger partial charge in [-0.3, -0.25) is 9.69 Å². The van der Waals surface area contributed by atoms with Crippen molar-refractivity contribution in [2.75, 3.05) is 19.7 Å². The third-order valence-electron chi connectivity index (χ3n) is 4.63. The zero-order valence-corrected chi connectivity index (χ0v) is 15.5. The number of ether oxygens (including phenoxy) is 1. The van der Waals surface area contributed by atoms with Crippen molar-refractivity contribution < 1.29 is 9.53 Å². The minimum atomic E-state index is -0.0880. The molecule has 1 aliphatic rings. The van der Waals surface area contributed by atoms with Gasteiger partial charge in [0.1, 0.15) is 5.15 Å². The van der Waals surface area contributed by atoms with E-state index in [-0.39, 0.29) is 11.9 Å². The number of carbonyl (C=O) groups is 1. The molecule has 0 saturated carbocycles. The highest BCUT2D eigenvalue weighted by Gasteiger charge is 2.28. The molecule has 1 aromatic carbocycles. The van der Waals surface area contributed by atoms with Gasteiger partial charge < -0.3 is 4.74 Å². The minimum absolute atomic E-state index is 0.0445. The average Bonchev–Trinajstić information content (AvgIpc) is 2.91. The summed E-state index contributed by atoms with van der Waals surface area (Å²) in [5.74, 6) is -0.132. The number of halogens is 1. The lowest BCUT2D eigenvalue weighted by atomic mass is 9.98. The van der Waals surface area contributed by atoms with E-state index < -0.39 is 0 Å². The Labute approximate surface area is 153 Å². The van der Waals surface area contributed by atoms with E-state index in [1.165, 1.54) is 0 Å². The summed E-state index contributed by atoms with van der Waals surface area (Å²) >= 11 is 6.61. The van der Waals surface area contributed by atoms with Crippen molar-refractivity contribution in [1.29, 1.82) is 0 Å². The van der Waals surface area contributed by atoms with Gasteiger partial charge in [-0.2, -0.15) is 5.10 Å². The second kappa shape index (κ2) is 8.02. The molecule has 25 heavy (non-hydrogen) atoms. The van der Waals surface area contributed by atoms with Crippen LogP contribution in [0.5, 0.6) is 0 Å². The van der Waals surface area contributed by atoms with Gasteiger partial charge in [0.25, 0.3) is 0 Å². The predicted molar refractivity (Wildman–Crippen MR) is 97.9 cm³/mol. The number of rotatable bonds is 5. The molecule has 0 aliphatic carbocycles. The molecule has 134 valence electrons. The first-order valence-electron chi connectivity index (χ1n) is 8.78. The van der Waals surface area contributed by atoms with Gasteiger partial charge in [-0.15, -0.1) is 0 Å². The zero-order chi connectivity index (χ0) is 17.8. The van der Waals surface area contributed by atoms with E-state index in [0.29, 0.717) is 24.8 Å². The number of hydrogen-bond acceptors (Lipinski definition) is 4. The molecular weight excluding hydrogens is 338 g/mol. The lowest BCUT2D eigenvalue weighted by Gasteiger charge is -2.31. The third-order valence-corrected chi connectivity index (χ3v) is 5.02. The summed E-state index contributed by atoms with van der Waals surface area (Å²) in [5, 5.41) is 5.24. The number of para-hydroxylation sites is 1. The average molecular weight is 362 g/mol. The molecule has 3 rings (SSSR count). The first-order valence-corrected chi connectivity index (χ1v) is 9.16. The first kappa shape index (κ1) is 18.0. The predicted octanol–water partition coefficient (Wildman–Crippen LogP) is 3.61. The zero-order valence-electron chi connectivity index (χ0n) is 14.7. The molecule has 2 aromatic rings. The Balaban J connectivity index is 1.75. The SMILES string of the molecule is CCOC(=O)C1CCCN(Cc2c(C)nn(-c3ccccc3)c2Cl)C1. The maximum absolute atomic E-state index is 12.0. The van der Waals surface area contributed by atoms with Crippen molar-refractivity contribution >= 4 is 17.6 Å². The van der Waals surface area contributed by atoms with Crippen molar-refractivity contribution in [3.63, 3.8) is 0 Å². The molecule has 1 saturated heterocycles. The number of aromatic nitrogens is 2. The molecule has 1 atom stereocenters. The van der Waals surface area contributed by atoms with E-state index >= 15 is 0 Å². The molecular formula is C19H24ClN3O2. The van der Waals surface area contributed by atoms with Gasteiger partial charge in [0.2, 0.25) is 0 Å². The van der Waals surface area contributed by atoms with Crippen LogP contribution >= 0.6 is 11.6 Å². The lowest BCUT2D eigenvalue weighted by Crippen LogP contribution is -2.39. The molecule has 0 spiro atoms. The van der Waals surface area contributed by atoms with Gasteiger partial charge in [0, 0.05) is 18.7 Å². The van der Waals surface area contributed by atoms with Crippen LogP contribution in [0.1, 0.15) is 31.0 Å². The molecule has 0 bridgehead atoms. The van der Waals surface area contributed by atoms with Crippen LogP contribution in [0.3, 0.4) is 0 Å². The van der Waals surface area contributed by atoms with E-state index in [1.807, 2.05) is 44.2 Å². The van der Waals surface area contributed by atoms with E-state index in [0.717, 1.165) is 36.3 Å². The molecule has 1 aromatic heterocycles. The van der Waals surface area contributed by atoms with Crippen LogP contribution in [0.25, 0.3) is 5.69 Å². The van der Waals surface area contributed by atoms with Crippen molar-refractivity contribution in [3.05, 3.63) is 46.7 Å². The molecule has 5 nitrogen and oxygen atoms in total. The summed E-state index contributed by atoms with van der Waals surface area (Å²) in [6.45, 7) is 6.64. The number of benzene rings is 1. The number of likely N-dealkylation sites (tertiary alicyclic amines) is 1. The molecule has 1 aliphatic heterocycles. The van der Waals surface area contributed by atoms with Crippen LogP contribution in [0.4, 0.5) is 0 Å². The van der Waals surface area contributed by atoms with Gasteiger partial charge in [-0.1, -0.05) is 29.8 Å². The highest BCUT2D eigenvalue weighted by molar-refractivity contribution is 6.30. The van der Waals surface area contributed by atoms with Gasteiger partial charge in [-0.25, -0.2) is 4.68 Å². The number of carbonyl (C=O) groups excluding carboxylic acids is 1. The summed E-state index contributed by atoms with van der Waals surface area (Å²) in [6, 6.07) is 9.88. The summed E-state index contributed by atoms with van der Waals surface area (Å²) in [4.78, 5) is 14.3. The molecule has 1 unspecified atom stereocenters. The Morgan fingerprint density at radius 2 is 2.12 bits per heavy atom. The lowest BCUT2D eigenvalue weighted by molar-refractivity contribution is -0.150. The molecule has 2 heterocycles. The second-order valence-electron chi connectivity index (χ2n) is 6.43. The summed E-state index contributed by atoms with van der Waals surface area (Å²) in [5.41, 5.74) is 2.90. The van der Waals surface area contributed by atoms with E-state index in [9.17, 15) is 4.79 Å². The Morgan fingerprint density at radius 1 is 1.36 bits per heavy atom. The van der Waals surface area contributed by atoms with Crippen LogP contribution < -0.4 is 0 Å². The Kier molecular flexibility index (Phi) is 5.76. The number of hydrogen-bond donors (Lipinski definition) is 0. The fourth-order valence-electron chi connectivity index (χ4n) is 3.33. The van der Waals surface area contributed by atoms with E-state index in [4.69, 9.17) is 16.3 Å².